The number of aliphatic imine (C=N–C) groups is 2. The van der Waals surface area contributed by atoms with Crippen LogP contribution in [-0.4, -0.2) is 77.4 Å². The Morgan fingerprint density at radius 3 is 1.72 bits per heavy atom. The maximum atomic E-state index is 13.7. The summed E-state index contributed by atoms with van der Waals surface area (Å²) in [4.78, 5) is 70.8. The lowest BCUT2D eigenvalue weighted by atomic mass is 9.86. The molecule has 0 spiro atoms. The molecule has 0 aliphatic rings. The molecular formula is C38H60N10O6. The first-order chi connectivity index (χ1) is 25.0. The molecule has 2 aromatic rings. The Kier molecular flexibility index (Phi) is 23.2. The van der Waals surface area contributed by atoms with E-state index in [0.29, 0.717) is 31.2 Å². The van der Waals surface area contributed by atoms with Gasteiger partial charge in [0.05, 0.1) is 18.5 Å². The van der Waals surface area contributed by atoms with Gasteiger partial charge in [-0.3, -0.25) is 39.4 Å². The largest absolute Gasteiger partial charge is 0.481 e. The summed E-state index contributed by atoms with van der Waals surface area (Å²) in [6.45, 7) is 5.31. The van der Waals surface area contributed by atoms with Gasteiger partial charge in [-0.05, 0) is 49.1 Å². The van der Waals surface area contributed by atoms with Gasteiger partial charge in [0, 0.05) is 44.3 Å². The molecule has 0 aliphatic heterocycles. The number of rotatable bonds is 22. The molecule has 298 valence electrons. The van der Waals surface area contributed by atoms with Crippen LogP contribution in [0.2, 0.25) is 0 Å². The number of amidine groups is 1. The minimum Gasteiger partial charge on any atom is -0.481 e. The van der Waals surface area contributed by atoms with E-state index in [-0.39, 0.29) is 87.3 Å². The zero-order valence-corrected chi connectivity index (χ0v) is 30.8. The SMILES string of the molecule is C.CC(=O)O.CC(C)[C@H](CC(=O)[C@H](CCCN=C(N)N)NC(=O)Cc1ccccc1)C(=O)NC(CCCN=C(N)N)C(=O)CCc1ccc(C(=N)N)cc1. The number of hydrogen-bond acceptors (Lipinski definition) is 8. The lowest BCUT2D eigenvalue weighted by Crippen LogP contribution is -2.47. The van der Waals surface area contributed by atoms with Crippen molar-refractivity contribution in [3.05, 3.63) is 71.3 Å². The third kappa shape index (κ3) is 20.9. The Bertz CT molecular complexity index is 1550. The Morgan fingerprint density at radius 1 is 0.759 bits per heavy atom. The van der Waals surface area contributed by atoms with Crippen LogP contribution in [-0.2, 0) is 36.8 Å². The number of carboxylic acid groups (broad SMARTS) is 1. The number of carbonyl (C=O) groups excluding carboxylic acids is 4. The van der Waals surface area contributed by atoms with Crippen LogP contribution >= 0.6 is 0 Å². The topological polar surface area (TPSA) is 308 Å². The zero-order chi connectivity index (χ0) is 39.9. The number of nitrogens with zero attached hydrogens (tertiary/aromatic N) is 2. The van der Waals surface area contributed by atoms with Crippen LogP contribution in [0, 0.1) is 17.2 Å². The van der Waals surface area contributed by atoms with Crippen molar-refractivity contribution in [1.29, 1.82) is 5.41 Å². The second-order valence-electron chi connectivity index (χ2n) is 12.9. The molecule has 0 saturated heterocycles. The van der Waals surface area contributed by atoms with Crippen LogP contribution in [0.15, 0.2) is 64.6 Å². The summed E-state index contributed by atoms with van der Waals surface area (Å²) < 4.78 is 0. The van der Waals surface area contributed by atoms with E-state index in [1.807, 2.05) is 56.3 Å². The zero-order valence-electron chi connectivity index (χ0n) is 30.8. The molecule has 0 bridgehead atoms. The number of benzene rings is 2. The van der Waals surface area contributed by atoms with Gasteiger partial charge < -0.3 is 44.4 Å². The van der Waals surface area contributed by atoms with E-state index in [2.05, 4.69) is 20.6 Å². The molecule has 2 aromatic carbocycles. The maximum absolute atomic E-state index is 13.7. The molecule has 54 heavy (non-hydrogen) atoms. The van der Waals surface area contributed by atoms with Crippen molar-refractivity contribution >= 4 is 47.1 Å². The average Bonchev–Trinajstić information content (AvgIpc) is 3.08. The van der Waals surface area contributed by atoms with Crippen molar-refractivity contribution in [1.82, 2.24) is 10.6 Å². The first-order valence-electron chi connectivity index (χ1n) is 17.4. The van der Waals surface area contributed by atoms with Gasteiger partial charge in [-0.2, -0.15) is 0 Å². The van der Waals surface area contributed by atoms with E-state index in [1.54, 1.807) is 12.1 Å². The quantitative estimate of drug-likeness (QED) is 0.0474. The summed E-state index contributed by atoms with van der Waals surface area (Å²) in [5, 5.41) is 20.7. The highest BCUT2D eigenvalue weighted by molar-refractivity contribution is 5.95. The van der Waals surface area contributed by atoms with E-state index in [9.17, 15) is 19.2 Å². The van der Waals surface area contributed by atoms with E-state index in [4.69, 9.17) is 44.0 Å². The second-order valence-corrected chi connectivity index (χ2v) is 12.9. The smallest absolute Gasteiger partial charge is 0.300 e. The van der Waals surface area contributed by atoms with Gasteiger partial charge in [-0.15, -0.1) is 0 Å². The van der Waals surface area contributed by atoms with Crippen molar-refractivity contribution < 1.29 is 29.1 Å². The second kappa shape index (κ2) is 26.0. The molecule has 2 rings (SSSR count). The van der Waals surface area contributed by atoms with Crippen molar-refractivity contribution in [2.75, 3.05) is 13.1 Å². The number of carbonyl (C=O) groups is 5. The molecule has 16 heteroatoms. The Balaban J connectivity index is 0.00000533. The van der Waals surface area contributed by atoms with E-state index in [1.165, 1.54) is 0 Å². The number of aryl methyl sites for hydroxylation is 1. The minimum atomic E-state index is -0.856. The minimum absolute atomic E-state index is 0. The number of amides is 2. The summed E-state index contributed by atoms with van der Waals surface area (Å²) in [7, 11) is 0. The molecular weight excluding hydrogens is 692 g/mol. The first kappa shape index (κ1) is 48.2. The summed E-state index contributed by atoms with van der Waals surface area (Å²) in [5.41, 5.74) is 29.6. The van der Waals surface area contributed by atoms with Crippen LogP contribution in [0.3, 0.4) is 0 Å². The third-order valence-electron chi connectivity index (χ3n) is 8.01. The fourth-order valence-electron chi connectivity index (χ4n) is 5.22. The molecule has 14 N–H and O–H groups in total. The van der Waals surface area contributed by atoms with Crippen LogP contribution in [0.5, 0.6) is 0 Å². The maximum Gasteiger partial charge on any atom is 0.300 e. The van der Waals surface area contributed by atoms with Crippen LogP contribution in [0.1, 0.15) is 83.4 Å². The van der Waals surface area contributed by atoms with E-state index < -0.39 is 29.9 Å². The molecule has 0 saturated carbocycles. The summed E-state index contributed by atoms with van der Waals surface area (Å²) in [5.74, 6) is -3.24. The van der Waals surface area contributed by atoms with Gasteiger partial charge in [0.2, 0.25) is 11.8 Å². The Labute approximate surface area is 318 Å². The monoisotopic (exact) mass is 752 g/mol. The lowest BCUT2D eigenvalue weighted by molar-refractivity contribution is -0.135. The molecule has 2 amide bonds. The standard InChI is InChI=1S/C35H52N10O4.C2H4O2.CH4/c1-22(2)26(21-30(47)28(11-7-19-43-35(40)41)44-31(48)20-24-8-4-3-5-9-24)33(49)45-27(10-6-18-42-34(38)39)29(46)17-14-23-12-15-25(16-13-23)32(36)37;1-2(3)4;/h3-5,8-9,12-13,15-16,22,26-28H,6-7,10-11,14,17-21H2,1-2H3,(H3,36,37)(H,44,48)(H,45,49)(H4,38,39,42)(H4,40,41,43);1H3,(H,3,4);1H4/t26-,27?,28-;;/m0../s1. The van der Waals surface area contributed by atoms with Gasteiger partial charge in [-0.1, -0.05) is 75.9 Å². The van der Waals surface area contributed by atoms with Crippen molar-refractivity contribution in [2.45, 2.75) is 91.6 Å². The highest BCUT2D eigenvalue weighted by atomic mass is 16.4. The van der Waals surface area contributed by atoms with Crippen molar-refractivity contribution in [3.63, 3.8) is 0 Å². The van der Waals surface area contributed by atoms with E-state index in [0.717, 1.165) is 18.1 Å². The molecule has 0 heterocycles. The molecule has 0 radical (unpaired) electrons. The van der Waals surface area contributed by atoms with Crippen LogP contribution in [0.4, 0.5) is 0 Å². The summed E-state index contributed by atoms with van der Waals surface area (Å²) in [6, 6.07) is 14.6. The molecule has 0 aromatic heterocycles. The molecule has 1 unspecified atom stereocenters. The van der Waals surface area contributed by atoms with Crippen molar-refractivity contribution in [3.8, 4) is 0 Å². The number of carboxylic acids is 1. The predicted octanol–water partition coefficient (Wildman–Crippen LogP) is 1.75. The lowest BCUT2D eigenvalue weighted by Gasteiger charge is -2.26. The third-order valence-corrected chi connectivity index (χ3v) is 8.01. The van der Waals surface area contributed by atoms with Gasteiger partial charge in [0.1, 0.15) is 5.84 Å². The Hall–Kier alpha value is -5.80. The molecule has 0 fully saturated rings. The number of nitrogen functional groups attached to an aromatic ring is 1. The van der Waals surface area contributed by atoms with Crippen molar-refractivity contribution in [2.24, 2.45) is 50.5 Å². The fourth-order valence-corrected chi connectivity index (χ4v) is 5.22. The molecule has 16 nitrogen and oxygen atoms in total. The number of Topliss-reactive ketones (excluding diaryl/α,β-unsaturated/α-hetero) is 2. The van der Waals surface area contributed by atoms with E-state index >= 15 is 0 Å². The number of ketones is 2. The number of hydrogen-bond donors (Lipinski definition) is 9. The predicted molar refractivity (Wildman–Crippen MR) is 213 cm³/mol. The van der Waals surface area contributed by atoms with Gasteiger partial charge in [0.25, 0.3) is 5.97 Å². The first-order valence-corrected chi connectivity index (χ1v) is 17.4. The van der Waals surface area contributed by atoms with Gasteiger partial charge >= 0.3 is 0 Å². The molecule has 3 atom stereocenters. The fraction of sp³-hybridized carbons (Fsp3) is 0.474. The summed E-state index contributed by atoms with van der Waals surface area (Å²) >= 11 is 0. The van der Waals surface area contributed by atoms with Crippen LogP contribution in [0.25, 0.3) is 0 Å². The summed E-state index contributed by atoms with van der Waals surface area (Å²) in [6.07, 6.45) is 1.99. The Morgan fingerprint density at radius 2 is 1.26 bits per heavy atom. The number of aliphatic carboxylic acids is 1. The van der Waals surface area contributed by atoms with Crippen LogP contribution < -0.4 is 39.3 Å². The molecule has 0 aliphatic carbocycles. The van der Waals surface area contributed by atoms with Gasteiger partial charge in [-0.25, -0.2) is 0 Å². The van der Waals surface area contributed by atoms with Gasteiger partial charge in [0.15, 0.2) is 23.5 Å². The number of nitrogens with one attached hydrogen (secondary N) is 3. The number of guanidine groups is 2. The number of nitrogens with two attached hydrogens (primary N) is 5. The average molecular weight is 753 g/mol. The normalized spacial score (nSPS) is 11.9. The highest BCUT2D eigenvalue weighted by Crippen LogP contribution is 2.20. The highest BCUT2D eigenvalue weighted by Gasteiger charge is 2.32.